The maximum Gasteiger partial charge on any atom is 0.214 e. The van der Waals surface area contributed by atoms with E-state index in [1.165, 1.54) is 12.1 Å². The van der Waals surface area contributed by atoms with Gasteiger partial charge in [-0.2, -0.15) is 4.31 Å². The molecule has 3 heterocycles. The number of sulfonamides is 1. The first-order chi connectivity index (χ1) is 17.6. The van der Waals surface area contributed by atoms with Crippen molar-refractivity contribution in [3.05, 3.63) is 75.3 Å². The number of anilines is 1. The van der Waals surface area contributed by atoms with Crippen LogP contribution in [-0.2, 0) is 23.0 Å². The molecular weight excluding hydrogens is 538 g/mol. The second-order valence-corrected chi connectivity index (χ2v) is 12.0. The van der Waals surface area contributed by atoms with Crippen molar-refractivity contribution < 1.29 is 17.5 Å². The number of nitrogens with two attached hydrogens (primary N) is 1. The Morgan fingerprint density at radius 2 is 2.00 bits per heavy atom. The number of fused-ring (bicyclic) bond motifs is 3. The summed E-state index contributed by atoms with van der Waals surface area (Å²) in [6, 6.07) is 10.3. The molecule has 1 aliphatic heterocycles. The molecule has 7 nitrogen and oxygen atoms in total. The highest BCUT2D eigenvalue weighted by molar-refractivity contribution is 7.89. The highest BCUT2D eigenvalue weighted by Gasteiger charge is 2.28. The molecule has 2 aromatic carbocycles. The van der Waals surface area contributed by atoms with Gasteiger partial charge in [-0.1, -0.05) is 35.3 Å². The quantitative estimate of drug-likeness (QED) is 0.276. The molecule has 5 rings (SSSR count). The molecule has 0 aliphatic carbocycles. The summed E-state index contributed by atoms with van der Waals surface area (Å²) in [4.78, 5) is 7.74. The molecule has 1 atom stereocenters. The van der Waals surface area contributed by atoms with Crippen molar-refractivity contribution in [1.29, 1.82) is 0 Å². The second kappa shape index (κ2) is 9.79. The fourth-order valence-electron chi connectivity index (χ4n) is 4.67. The number of aromatic nitrogens is 2. The number of pyridine rings is 1. The smallest absolute Gasteiger partial charge is 0.214 e. The summed E-state index contributed by atoms with van der Waals surface area (Å²) in [7, 11) is -3.26. The first-order valence-electron chi connectivity index (χ1n) is 11.8. The Morgan fingerprint density at radius 1 is 1.22 bits per heavy atom. The minimum Gasteiger partial charge on any atom is -0.482 e. The van der Waals surface area contributed by atoms with E-state index < -0.39 is 21.9 Å². The molecule has 0 radical (unpaired) electrons. The Morgan fingerprint density at radius 3 is 2.76 bits per heavy atom. The molecule has 0 spiro atoms. The molecule has 0 unspecified atom stereocenters. The monoisotopic (exact) mass is 562 g/mol. The number of aromatic amines is 1. The van der Waals surface area contributed by atoms with Gasteiger partial charge in [0.05, 0.1) is 10.8 Å². The third-order valence-corrected chi connectivity index (χ3v) is 9.24. The van der Waals surface area contributed by atoms with Crippen LogP contribution < -0.4 is 10.5 Å². The van der Waals surface area contributed by atoms with E-state index in [1.807, 2.05) is 18.2 Å². The van der Waals surface area contributed by atoms with E-state index in [9.17, 15) is 12.8 Å². The average Bonchev–Trinajstić information content (AvgIpc) is 3.25. The lowest BCUT2D eigenvalue weighted by Gasteiger charge is -2.25. The van der Waals surface area contributed by atoms with Gasteiger partial charge in [0.15, 0.2) is 11.6 Å². The molecule has 2 aromatic heterocycles. The fourth-order valence-corrected chi connectivity index (χ4v) is 6.41. The van der Waals surface area contributed by atoms with E-state index in [1.54, 1.807) is 30.4 Å². The third kappa shape index (κ3) is 4.77. The van der Waals surface area contributed by atoms with Crippen molar-refractivity contribution in [2.75, 3.05) is 18.0 Å². The van der Waals surface area contributed by atoms with E-state index in [0.717, 1.165) is 33.3 Å². The molecule has 11 heteroatoms. The lowest BCUT2D eigenvalue weighted by atomic mass is 10.0. The van der Waals surface area contributed by atoms with E-state index in [-0.39, 0.29) is 21.6 Å². The molecular formula is C26H25Cl2FN4O3S. The lowest BCUT2D eigenvalue weighted by molar-refractivity contribution is 0.227. The standard InChI is InChI=1S/C26H25Cl2FN4O3S/c1-3-37(34,35)33-9-8-21-18(13-33)17-5-4-15(10-22(17)32-21)16-11-23(26(30)31-12-16)36-14(2)24-19(27)6-7-20(29)25(24)28/h4-7,10-12,14,32H,3,8-9,13H2,1-2H3,(H2,30,31)/t14-/m1/s1. The van der Waals surface area contributed by atoms with Gasteiger partial charge in [0.2, 0.25) is 10.0 Å². The number of hydrogen-bond acceptors (Lipinski definition) is 5. The van der Waals surface area contributed by atoms with Crippen molar-refractivity contribution >= 4 is 49.9 Å². The van der Waals surface area contributed by atoms with Crippen molar-refractivity contribution in [1.82, 2.24) is 14.3 Å². The van der Waals surface area contributed by atoms with Gasteiger partial charge in [-0.3, -0.25) is 0 Å². The lowest BCUT2D eigenvalue weighted by Crippen LogP contribution is -2.36. The summed E-state index contributed by atoms with van der Waals surface area (Å²) in [6.45, 7) is 4.18. The van der Waals surface area contributed by atoms with E-state index in [0.29, 0.717) is 30.8 Å². The van der Waals surface area contributed by atoms with E-state index >= 15 is 0 Å². The van der Waals surface area contributed by atoms with Gasteiger partial charge < -0.3 is 15.5 Å². The van der Waals surface area contributed by atoms with Gasteiger partial charge in [0, 0.05) is 58.5 Å². The van der Waals surface area contributed by atoms with Crippen LogP contribution in [0.1, 0.15) is 36.8 Å². The zero-order valence-electron chi connectivity index (χ0n) is 20.2. The largest absolute Gasteiger partial charge is 0.482 e. The predicted molar refractivity (Wildman–Crippen MR) is 145 cm³/mol. The SMILES string of the molecule is CCS(=O)(=O)N1CCc2[nH]c3cc(-c4cnc(N)c(O[C@H](C)c5c(Cl)ccc(F)c5Cl)c4)ccc3c2C1. The molecule has 194 valence electrons. The Hall–Kier alpha value is -2.85. The summed E-state index contributed by atoms with van der Waals surface area (Å²) in [5.41, 5.74) is 11.0. The molecule has 4 aromatic rings. The zero-order valence-corrected chi connectivity index (χ0v) is 22.5. The minimum absolute atomic E-state index is 0.0830. The number of H-pyrrole nitrogens is 1. The van der Waals surface area contributed by atoms with Crippen LogP contribution in [0.15, 0.2) is 42.6 Å². The number of ether oxygens (including phenoxy) is 1. The minimum atomic E-state index is -3.26. The van der Waals surface area contributed by atoms with Gasteiger partial charge in [-0.05, 0) is 49.2 Å². The normalized spacial score (nSPS) is 15.1. The van der Waals surface area contributed by atoms with Gasteiger partial charge >= 0.3 is 0 Å². The summed E-state index contributed by atoms with van der Waals surface area (Å²) in [6.07, 6.45) is 1.59. The van der Waals surface area contributed by atoms with Crippen LogP contribution >= 0.6 is 23.2 Å². The number of halogens is 3. The van der Waals surface area contributed by atoms with Gasteiger partial charge in [-0.15, -0.1) is 0 Å². The van der Waals surface area contributed by atoms with Crippen LogP contribution in [0.2, 0.25) is 10.0 Å². The summed E-state index contributed by atoms with van der Waals surface area (Å²) in [5.74, 6) is -0.0195. The molecule has 37 heavy (non-hydrogen) atoms. The summed E-state index contributed by atoms with van der Waals surface area (Å²) in [5, 5.41) is 1.17. The first-order valence-corrected chi connectivity index (χ1v) is 14.1. The fraction of sp³-hybridized carbons (Fsp3) is 0.269. The summed E-state index contributed by atoms with van der Waals surface area (Å²) < 4.78 is 46.4. The van der Waals surface area contributed by atoms with Gasteiger partial charge in [-0.25, -0.2) is 17.8 Å². The van der Waals surface area contributed by atoms with Crippen LogP contribution in [0.5, 0.6) is 5.75 Å². The Kier molecular flexibility index (Phi) is 6.83. The van der Waals surface area contributed by atoms with Crippen LogP contribution in [0.3, 0.4) is 0 Å². The number of nitrogens with zero attached hydrogens (tertiary/aromatic N) is 2. The van der Waals surface area contributed by atoms with Crippen molar-refractivity contribution in [2.45, 2.75) is 32.9 Å². The number of rotatable bonds is 6. The van der Waals surface area contributed by atoms with Gasteiger partial charge in [0.25, 0.3) is 0 Å². The van der Waals surface area contributed by atoms with Gasteiger partial charge in [0.1, 0.15) is 11.9 Å². The van der Waals surface area contributed by atoms with Crippen LogP contribution in [-0.4, -0.2) is 35.0 Å². The Balaban J connectivity index is 1.46. The third-order valence-electron chi connectivity index (χ3n) is 6.70. The number of benzene rings is 2. The second-order valence-electron chi connectivity index (χ2n) is 8.95. The molecule has 1 aliphatic rings. The van der Waals surface area contributed by atoms with E-state index in [4.69, 9.17) is 33.7 Å². The molecule has 0 saturated heterocycles. The molecule has 3 N–H and O–H groups in total. The highest BCUT2D eigenvalue weighted by atomic mass is 35.5. The molecule has 0 amide bonds. The number of hydrogen-bond donors (Lipinski definition) is 2. The average molecular weight is 563 g/mol. The number of nitrogen functional groups attached to an aromatic ring is 1. The van der Waals surface area contributed by atoms with Crippen molar-refractivity contribution in [2.24, 2.45) is 0 Å². The Labute approximate surface area is 224 Å². The highest BCUT2D eigenvalue weighted by Crippen LogP contribution is 2.38. The first kappa shape index (κ1) is 25.8. The topological polar surface area (TPSA) is 101 Å². The molecule has 0 fully saturated rings. The van der Waals surface area contributed by atoms with Crippen molar-refractivity contribution in [3.8, 4) is 16.9 Å². The zero-order chi connectivity index (χ0) is 26.5. The predicted octanol–water partition coefficient (Wildman–Crippen LogP) is 6.11. The van der Waals surface area contributed by atoms with Crippen molar-refractivity contribution in [3.63, 3.8) is 0 Å². The van der Waals surface area contributed by atoms with E-state index in [2.05, 4.69) is 9.97 Å². The number of nitrogens with one attached hydrogen (secondary N) is 1. The van der Waals surface area contributed by atoms with Crippen LogP contribution in [0.4, 0.5) is 10.2 Å². The van der Waals surface area contributed by atoms with Crippen LogP contribution in [0.25, 0.3) is 22.0 Å². The van der Waals surface area contributed by atoms with Crippen LogP contribution in [0, 0.1) is 5.82 Å². The summed E-state index contributed by atoms with van der Waals surface area (Å²) >= 11 is 12.4. The molecule has 0 saturated carbocycles. The molecule has 0 bridgehead atoms. The Bertz CT molecular complexity index is 1620. The maximum atomic E-state index is 14.0. The maximum absolute atomic E-state index is 14.0.